The number of aromatic nitrogens is 1. The molecule has 2 amide bonds. The number of pyridine rings is 1. The van der Waals surface area contributed by atoms with E-state index in [1.807, 2.05) is 0 Å². The van der Waals surface area contributed by atoms with Gasteiger partial charge < -0.3 is 15.7 Å². The lowest BCUT2D eigenvalue weighted by Crippen LogP contribution is -2.54. The lowest BCUT2D eigenvalue weighted by atomic mass is 9.74. The normalized spacial score (nSPS) is 23.7. The van der Waals surface area contributed by atoms with Crippen LogP contribution in [0.2, 0.25) is 5.02 Å². The van der Waals surface area contributed by atoms with Crippen LogP contribution in [0.15, 0.2) is 59.8 Å². The summed E-state index contributed by atoms with van der Waals surface area (Å²) in [5.41, 5.74) is -1.45. The molecule has 216 valence electrons. The van der Waals surface area contributed by atoms with Crippen molar-refractivity contribution in [2.24, 2.45) is 11.8 Å². The summed E-state index contributed by atoms with van der Waals surface area (Å²) in [4.78, 5) is 28.9. The molecule has 1 aromatic heterocycles. The standard InChI is InChI=1S/C28H25ClF3N3O5S/c29-21-6-3-15(27(37)35-19-11-22(30)25(32)23(31)12-19)8-24(21)41(39,40)20-9-17-4-5-18(10-20)28(17,38)14-34-26(36)16-2-1-7-33-13-16/h1-3,6-8,11-13,17-18,20,38H,4-5,9-10,14H2,(H,34,36)(H,35,37). The minimum Gasteiger partial charge on any atom is -0.387 e. The Morgan fingerprint density at radius 1 is 1.00 bits per heavy atom. The van der Waals surface area contributed by atoms with Crippen molar-refractivity contribution in [1.29, 1.82) is 0 Å². The average Bonchev–Trinajstić information content (AvgIpc) is 3.10. The molecule has 2 fully saturated rings. The number of carbonyl (C=O) groups is 2. The number of hydrogen-bond acceptors (Lipinski definition) is 6. The number of amides is 2. The van der Waals surface area contributed by atoms with Gasteiger partial charge in [-0.1, -0.05) is 11.6 Å². The van der Waals surface area contributed by atoms with Crippen LogP contribution in [-0.2, 0) is 9.84 Å². The van der Waals surface area contributed by atoms with Gasteiger partial charge in [0.1, 0.15) is 0 Å². The summed E-state index contributed by atoms with van der Waals surface area (Å²) in [6, 6.07) is 7.98. The Labute approximate surface area is 238 Å². The van der Waals surface area contributed by atoms with Crippen molar-refractivity contribution in [1.82, 2.24) is 10.3 Å². The van der Waals surface area contributed by atoms with Gasteiger partial charge in [0, 0.05) is 42.3 Å². The van der Waals surface area contributed by atoms with Crippen molar-refractivity contribution >= 4 is 38.9 Å². The minimum absolute atomic E-state index is 0.0379. The van der Waals surface area contributed by atoms with Crippen molar-refractivity contribution in [3.8, 4) is 0 Å². The fourth-order valence-corrected chi connectivity index (χ4v) is 8.25. The third kappa shape index (κ3) is 5.55. The van der Waals surface area contributed by atoms with E-state index >= 15 is 0 Å². The summed E-state index contributed by atoms with van der Waals surface area (Å²) in [6.07, 6.45) is 4.35. The zero-order chi connectivity index (χ0) is 29.5. The predicted molar refractivity (Wildman–Crippen MR) is 144 cm³/mol. The van der Waals surface area contributed by atoms with E-state index in [-0.39, 0.29) is 40.6 Å². The maximum Gasteiger partial charge on any atom is 0.255 e. The topological polar surface area (TPSA) is 125 Å². The van der Waals surface area contributed by atoms with Crippen LogP contribution in [0.4, 0.5) is 18.9 Å². The molecule has 1 heterocycles. The molecule has 2 saturated carbocycles. The quantitative estimate of drug-likeness (QED) is 0.339. The fourth-order valence-electron chi connectivity index (χ4n) is 5.85. The maximum atomic E-state index is 13.7. The summed E-state index contributed by atoms with van der Waals surface area (Å²) in [7, 11) is -4.08. The SMILES string of the molecule is O=C(NCC1(O)C2CCC1CC(S(=O)(=O)c1cc(C(=O)Nc3cc(F)c(F)c(F)c3)ccc1Cl)C2)c1cccnc1. The first-order chi connectivity index (χ1) is 19.4. The minimum atomic E-state index is -4.08. The van der Waals surface area contributed by atoms with Crippen molar-refractivity contribution in [3.05, 3.63) is 88.5 Å². The Kier molecular flexibility index (Phi) is 7.84. The van der Waals surface area contributed by atoms with E-state index in [1.54, 1.807) is 12.1 Å². The van der Waals surface area contributed by atoms with Crippen LogP contribution < -0.4 is 10.6 Å². The van der Waals surface area contributed by atoms with Gasteiger partial charge in [-0.25, -0.2) is 21.6 Å². The number of benzene rings is 2. The molecule has 8 nitrogen and oxygen atoms in total. The second-order valence-corrected chi connectivity index (χ2v) is 13.0. The van der Waals surface area contributed by atoms with Gasteiger partial charge in [0.15, 0.2) is 27.3 Å². The van der Waals surface area contributed by atoms with Gasteiger partial charge in [-0.05, 0) is 67.9 Å². The monoisotopic (exact) mass is 607 g/mol. The predicted octanol–water partition coefficient (Wildman–Crippen LogP) is 4.53. The molecule has 0 aliphatic heterocycles. The van der Waals surface area contributed by atoms with Crippen LogP contribution in [0.5, 0.6) is 0 Å². The zero-order valence-corrected chi connectivity index (χ0v) is 23.0. The van der Waals surface area contributed by atoms with Crippen molar-refractivity contribution in [2.45, 2.75) is 41.4 Å². The van der Waals surface area contributed by atoms with E-state index in [0.717, 1.165) is 6.07 Å². The van der Waals surface area contributed by atoms with Crippen molar-refractivity contribution in [3.63, 3.8) is 0 Å². The van der Waals surface area contributed by atoms with Crippen LogP contribution >= 0.6 is 11.6 Å². The highest BCUT2D eigenvalue weighted by Gasteiger charge is 2.55. The lowest BCUT2D eigenvalue weighted by Gasteiger charge is -2.42. The summed E-state index contributed by atoms with van der Waals surface area (Å²) in [5, 5.41) is 15.5. The number of nitrogens with zero attached hydrogens (tertiary/aromatic N) is 1. The highest BCUT2D eigenvalue weighted by Crippen LogP contribution is 2.52. The first-order valence-corrected chi connectivity index (χ1v) is 14.7. The lowest BCUT2D eigenvalue weighted by molar-refractivity contribution is -0.0548. The van der Waals surface area contributed by atoms with Crippen molar-refractivity contribution < 1.29 is 36.3 Å². The zero-order valence-electron chi connectivity index (χ0n) is 21.4. The van der Waals surface area contributed by atoms with Gasteiger partial charge in [-0.15, -0.1) is 0 Å². The fraction of sp³-hybridized carbons (Fsp3) is 0.321. The summed E-state index contributed by atoms with van der Waals surface area (Å²) >= 11 is 6.26. The summed E-state index contributed by atoms with van der Waals surface area (Å²) in [6.45, 7) is -0.0379. The van der Waals surface area contributed by atoms with E-state index in [0.29, 0.717) is 30.5 Å². The van der Waals surface area contributed by atoms with E-state index in [2.05, 4.69) is 15.6 Å². The molecule has 13 heteroatoms. The van der Waals surface area contributed by atoms with Gasteiger partial charge in [0.05, 0.1) is 26.3 Å². The number of nitrogens with one attached hydrogen (secondary N) is 2. The number of hydrogen-bond donors (Lipinski definition) is 3. The van der Waals surface area contributed by atoms with Gasteiger partial charge >= 0.3 is 0 Å². The number of halogens is 4. The Bertz CT molecular complexity index is 1590. The Hall–Kier alpha value is -3.48. The van der Waals surface area contributed by atoms with Crippen LogP contribution in [-0.4, -0.2) is 47.7 Å². The third-order valence-corrected chi connectivity index (χ3v) is 10.7. The number of anilines is 1. The van der Waals surface area contributed by atoms with Crippen LogP contribution in [0, 0.1) is 29.3 Å². The molecular weight excluding hydrogens is 583 g/mol. The first kappa shape index (κ1) is 29.0. The second kappa shape index (κ2) is 11.1. The molecule has 2 bridgehead atoms. The van der Waals surface area contributed by atoms with Crippen LogP contribution in [0.3, 0.4) is 0 Å². The van der Waals surface area contributed by atoms with Gasteiger partial charge in [-0.2, -0.15) is 0 Å². The van der Waals surface area contributed by atoms with Crippen LogP contribution in [0.25, 0.3) is 0 Å². The molecule has 2 aromatic carbocycles. The van der Waals surface area contributed by atoms with E-state index in [4.69, 9.17) is 11.6 Å². The van der Waals surface area contributed by atoms with E-state index in [9.17, 15) is 36.3 Å². The third-order valence-electron chi connectivity index (χ3n) is 8.01. The molecular formula is C28H25ClF3N3O5S. The molecule has 2 aliphatic carbocycles. The summed E-state index contributed by atoms with van der Waals surface area (Å²) in [5.74, 6) is -6.76. The number of fused-ring (bicyclic) bond motifs is 2. The van der Waals surface area contributed by atoms with Gasteiger partial charge in [0.25, 0.3) is 11.8 Å². The number of sulfone groups is 1. The number of rotatable bonds is 7. The number of aliphatic hydroxyl groups is 1. The molecule has 2 aliphatic rings. The van der Waals surface area contributed by atoms with Crippen molar-refractivity contribution in [2.75, 3.05) is 11.9 Å². The molecule has 0 radical (unpaired) electrons. The summed E-state index contributed by atoms with van der Waals surface area (Å²) < 4.78 is 67.8. The largest absolute Gasteiger partial charge is 0.387 e. The van der Waals surface area contributed by atoms with Gasteiger partial charge in [0.2, 0.25) is 0 Å². The van der Waals surface area contributed by atoms with Crippen LogP contribution in [0.1, 0.15) is 46.4 Å². The van der Waals surface area contributed by atoms with Gasteiger partial charge in [-0.3, -0.25) is 14.6 Å². The van der Waals surface area contributed by atoms with E-state index < -0.39 is 61.8 Å². The first-order valence-electron chi connectivity index (χ1n) is 12.8. The molecule has 0 saturated heterocycles. The smallest absolute Gasteiger partial charge is 0.255 e. The molecule has 2 atom stereocenters. The maximum absolute atomic E-state index is 13.7. The Morgan fingerprint density at radius 3 is 2.27 bits per heavy atom. The molecule has 2 unspecified atom stereocenters. The molecule has 3 N–H and O–H groups in total. The van der Waals surface area contributed by atoms with E-state index in [1.165, 1.54) is 24.5 Å². The second-order valence-electron chi connectivity index (χ2n) is 10.4. The Morgan fingerprint density at radius 2 is 1.66 bits per heavy atom. The molecule has 41 heavy (non-hydrogen) atoms. The molecule has 3 aromatic rings. The molecule has 0 spiro atoms. The Balaban J connectivity index is 1.32. The average molecular weight is 608 g/mol. The number of carbonyl (C=O) groups excluding carboxylic acids is 2. The highest BCUT2D eigenvalue weighted by atomic mass is 35.5. The highest BCUT2D eigenvalue weighted by molar-refractivity contribution is 7.92. The molecule has 5 rings (SSSR count).